The number of para-hydroxylation sites is 4. The summed E-state index contributed by atoms with van der Waals surface area (Å²) in [7, 11) is 0. The van der Waals surface area contributed by atoms with Crippen LogP contribution in [0.15, 0.2) is 162 Å². The Hall–Kier alpha value is -6.06. The second-order valence-electron chi connectivity index (χ2n) is 11.7. The van der Waals surface area contributed by atoms with Crippen LogP contribution < -0.4 is 0 Å². The predicted molar refractivity (Wildman–Crippen MR) is 188 cm³/mol. The van der Waals surface area contributed by atoms with E-state index in [2.05, 4.69) is 167 Å². The maximum Gasteiger partial charge on any atom is 0.145 e. The number of nitrogens with zero attached hydrogens (tertiary/aromatic N) is 2. The van der Waals surface area contributed by atoms with Gasteiger partial charge in [-0.25, -0.2) is 0 Å². The minimum Gasteiger partial charge on any atom is -0.455 e. The van der Waals surface area contributed by atoms with E-state index in [1.165, 1.54) is 43.6 Å². The van der Waals surface area contributed by atoms with E-state index in [1.807, 2.05) is 0 Å². The van der Waals surface area contributed by atoms with Gasteiger partial charge in [0.05, 0.1) is 33.1 Å². The van der Waals surface area contributed by atoms with Gasteiger partial charge < -0.3 is 13.6 Å². The Bertz CT molecular complexity index is 2740. The maximum atomic E-state index is 6.71. The Morgan fingerprint density at radius 2 is 0.956 bits per heavy atom. The molecular formula is C42H26N2O. The van der Waals surface area contributed by atoms with Crippen LogP contribution in [-0.4, -0.2) is 9.13 Å². The van der Waals surface area contributed by atoms with E-state index in [9.17, 15) is 0 Å². The highest BCUT2D eigenvalue weighted by atomic mass is 16.3. The van der Waals surface area contributed by atoms with Crippen molar-refractivity contribution in [3.63, 3.8) is 0 Å². The lowest BCUT2D eigenvalue weighted by molar-refractivity contribution is 0.670. The zero-order valence-corrected chi connectivity index (χ0v) is 24.3. The molecular weight excluding hydrogens is 548 g/mol. The largest absolute Gasteiger partial charge is 0.455 e. The summed E-state index contributed by atoms with van der Waals surface area (Å²) in [4.78, 5) is 0. The third-order valence-electron chi connectivity index (χ3n) is 9.31. The van der Waals surface area contributed by atoms with Crippen LogP contribution in [0.25, 0.3) is 88.1 Å². The fourth-order valence-electron chi connectivity index (χ4n) is 7.44. The first kappa shape index (κ1) is 24.4. The van der Waals surface area contributed by atoms with Gasteiger partial charge in [-0.1, -0.05) is 115 Å². The van der Waals surface area contributed by atoms with Gasteiger partial charge in [-0.3, -0.25) is 0 Å². The third-order valence-corrected chi connectivity index (χ3v) is 9.31. The van der Waals surface area contributed by atoms with Crippen LogP contribution in [0.4, 0.5) is 0 Å². The van der Waals surface area contributed by atoms with E-state index in [0.717, 1.165) is 44.4 Å². The molecule has 0 aliphatic heterocycles. The number of aromatic nitrogens is 2. The number of rotatable bonds is 3. The van der Waals surface area contributed by atoms with Gasteiger partial charge in [0, 0.05) is 38.2 Å². The molecule has 0 N–H and O–H groups in total. The molecule has 10 rings (SSSR count). The topological polar surface area (TPSA) is 23.0 Å². The molecule has 7 aromatic carbocycles. The average molecular weight is 575 g/mol. The molecule has 0 aliphatic rings. The number of furan rings is 1. The minimum atomic E-state index is 0.890. The van der Waals surface area contributed by atoms with Gasteiger partial charge in [0.1, 0.15) is 11.2 Å². The zero-order valence-electron chi connectivity index (χ0n) is 24.3. The number of fused-ring (bicyclic) bond motifs is 10. The first-order valence-electron chi connectivity index (χ1n) is 15.4. The summed E-state index contributed by atoms with van der Waals surface area (Å²) in [6.07, 6.45) is 0. The lowest BCUT2D eigenvalue weighted by atomic mass is 10.0. The molecule has 0 amide bonds. The molecule has 45 heavy (non-hydrogen) atoms. The van der Waals surface area contributed by atoms with Crippen molar-refractivity contribution in [1.82, 2.24) is 9.13 Å². The molecule has 3 heterocycles. The Balaban J connectivity index is 1.45. The molecule has 0 spiro atoms. The zero-order chi connectivity index (χ0) is 29.5. The molecule has 0 atom stereocenters. The van der Waals surface area contributed by atoms with E-state index in [4.69, 9.17) is 4.42 Å². The Morgan fingerprint density at radius 1 is 0.400 bits per heavy atom. The summed E-state index contributed by atoms with van der Waals surface area (Å²) >= 11 is 0. The lowest BCUT2D eigenvalue weighted by Crippen LogP contribution is -1.99. The molecule has 0 unspecified atom stereocenters. The third kappa shape index (κ3) is 3.35. The van der Waals surface area contributed by atoms with Crippen LogP contribution in [0.1, 0.15) is 0 Å². The molecule has 3 aromatic heterocycles. The van der Waals surface area contributed by atoms with Gasteiger partial charge in [-0.15, -0.1) is 0 Å². The quantitative estimate of drug-likeness (QED) is 0.206. The Kier molecular flexibility index (Phi) is 5.00. The molecule has 0 bridgehead atoms. The molecule has 3 heteroatoms. The summed E-state index contributed by atoms with van der Waals surface area (Å²) < 4.78 is 11.6. The van der Waals surface area contributed by atoms with Gasteiger partial charge in [-0.05, 0) is 48.0 Å². The molecule has 0 fully saturated rings. The highest BCUT2D eigenvalue weighted by Gasteiger charge is 2.24. The maximum absolute atomic E-state index is 6.71. The van der Waals surface area contributed by atoms with Crippen LogP contribution in [0.3, 0.4) is 0 Å². The standard InChI is InChI=1S/C42H26N2O/c1-3-13-27(14-4-1)29-25-26-37(39-34-19-9-12-22-38(34)45-42(29)39)44-36-21-11-8-18-31(36)33-24-23-32-30-17-7-10-20-35(30)43(40(32)41(33)44)28-15-5-2-6-16-28/h1-26H. The van der Waals surface area contributed by atoms with E-state index in [1.54, 1.807) is 0 Å². The van der Waals surface area contributed by atoms with Crippen molar-refractivity contribution < 1.29 is 4.42 Å². The minimum absolute atomic E-state index is 0.890. The monoisotopic (exact) mass is 574 g/mol. The molecule has 3 nitrogen and oxygen atoms in total. The highest BCUT2D eigenvalue weighted by Crippen LogP contribution is 2.45. The van der Waals surface area contributed by atoms with Gasteiger partial charge in [0.15, 0.2) is 0 Å². The predicted octanol–water partition coefficient (Wildman–Crippen LogP) is 11.4. The van der Waals surface area contributed by atoms with Crippen LogP contribution in [0, 0.1) is 0 Å². The van der Waals surface area contributed by atoms with Crippen molar-refractivity contribution in [3.8, 4) is 22.5 Å². The highest BCUT2D eigenvalue weighted by molar-refractivity contribution is 6.25. The number of benzene rings is 7. The van der Waals surface area contributed by atoms with Crippen molar-refractivity contribution in [1.29, 1.82) is 0 Å². The van der Waals surface area contributed by atoms with E-state index in [-0.39, 0.29) is 0 Å². The van der Waals surface area contributed by atoms with Crippen molar-refractivity contribution in [2.24, 2.45) is 0 Å². The molecule has 0 saturated heterocycles. The molecule has 210 valence electrons. The summed E-state index contributed by atoms with van der Waals surface area (Å²) in [6, 6.07) is 56.3. The van der Waals surface area contributed by atoms with Gasteiger partial charge in [-0.2, -0.15) is 0 Å². The lowest BCUT2D eigenvalue weighted by Gasteiger charge is -2.14. The first-order valence-corrected chi connectivity index (χ1v) is 15.4. The van der Waals surface area contributed by atoms with E-state index >= 15 is 0 Å². The van der Waals surface area contributed by atoms with Crippen LogP contribution >= 0.6 is 0 Å². The van der Waals surface area contributed by atoms with Crippen LogP contribution in [0.2, 0.25) is 0 Å². The second kappa shape index (κ2) is 9.22. The molecule has 0 aliphatic carbocycles. The molecule has 0 radical (unpaired) electrons. The SMILES string of the molecule is c1ccc(-c2ccc(-n3c4ccccc4c4ccc5c6ccccc6n(-c6ccccc6)c5c43)c3c2oc2ccccc23)cc1. The van der Waals surface area contributed by atoms with Gasteiger partial charge in [0.25, 0.3) is 0 Å². The second-order valence-corrected chi connectivity index (χ2v) is 11.7. The Morgan fingerprint density at radius 3 is 1.67 bits per heavy atom. The van der Waals surface area contributed by atoms with Gasteiger partial charge >= 0.3 is 0 Å². The average Bonchev–Trinajstić information content (AvgIpc) is 3.77. The van der Waals surface area contributed by atoms with Crippen LogP contribution in [-0.2, 0) is 0 Å². The van der Waals surface area contributed by atoms with Crippen molar-refractivity contribution in [2.75, 3.05) is 0 Å². The summed E-state index contributed by atoms with van der Waals surface area (Å²) in [5.41, 5.74) is 11.0. The van der Waals surface area contributed by atoms with Crippen molar-refractivity contribution in [3.05, 3.63) is 158 Å². The van der Waals surface area contributed by atoms with Crippen molar-refractivity contribution in [2.45, 2.75) is 0 Å². The fraction of sp³-hybridized carbons (Fsp3) is 0. The van der Waals surface area contributed by atoms with Crippen molar-refractivity contribution >= 4 is 65.6 Å². The fourth-order valence-corrected chi connectivity index (χ4v) is 7.44. The number of hydrogen-bond acceptors (Lipinski definition) is 1. The van der Waals surface area contributed by atoms with E-state index in [0.29, 0.717) is 0 Å². The smallest absolute Gasteiger partial charge is 0.145 e. The van der Waals surface area contributed by atoms with Crippen LogP contribution in [0.5, 0.6) is 0 Å². The summed E-state index contributed by atoms with van der Waals surface area (Å²) in [6.45, 7) is 0. The summed E-state index contributed by atoms with van der Waals surface area (Å²) in [5, 5.41) is 7.17. The van der Waals surface area contributed by atoms with E-state index < -0.39 is 0 Å². The molecule has 0 saturated carbocycles. The number of hydrogen-bond donors (Lipinski definition) is 0. The first-order chi connectivity index (χ1) is 22.4. The molecule has 10 aromatic rings. The van der Waals surface area contributed by atoms with Gasteiger partial charge in [0.2, 0.25) is 0 Å². The Labute approximate surface area is 258 Å². The summed E-state index contributed by atoms with van der Waals surface area (Å²) in [5.74, 6) is 0. The normalized spacial score (nSPS) is 12.0.